The largest absolute Gasteiger partial charge is 0 e. The average Bonchev–Trinajstić information content (AvgIpc) is 2.69. The van der Waals surface area contributed by atoms with Gasteiger partial charge in [0, 0.05) is 28.2 Å². The zero-order chi connectivity index (χ0) is 19.1. The van der Waals surface area contributed by atoms with Crippen molar-refractivity contribution in [2.45, 2.75) is 13.1 Å². The number of rotatable bonds is 2. The van der Waals surface area contributed by atoms with Crippen molar-refractivity contribution in [2.24, 2.45) is 0 Å². The van der Waals surface area contributed by atoms with Gasteiger partial charge in [-0.3, -0.25) is 0 Å². The van der Waals surface area contributed by atoms with E-state index in [2.05, 4.69) is 29.6 Å². The average molecular weight is 454 g/mol. The van der Waals surface area contributed by atoms with Gasteiger partial charge in [0.15, 0.2) is 0 Å². The van der Waals surface area contributed by atoms with Crippen LogP contribution in [-0.2, 0) is 44.1 Å². The standard InChI is InChI=1S/2C8H7N.3CO.BrH.Mn/c2*1-9-7-8-5-3-2-4-6-8;3*1-2;;/h2*2-6H,7H2;;;;1H;. The van der Waals surface area contributed by atoms with Crippen LogP contribution in [0.25, 0.3) is 9.69 Å². The Labute approximate surface area is 175 Å². The van der Waals surface area contributed by atoms with Gasteiger partial charge in [-0.1, -0.05) is 60.7 Å². The molecule has 0 saturated carbocycles. The van der Waals surface area contributed by atoms with Gasteiger partial charge in [-0.05, 0) is 0 Å². The first-order chi connectivity index (χ1) is 11.9. The fourth-order valence-corrected chi connectivity index (χ4v) is 1.35. The monoisotopic (exact) mass is 453 g/mol. The van der Waals surface area contributed by atoms with E-state index in [1.54, 1.807) is 0 Å². The maximum absolute atomic E-state index is 7.50. The summed E-state index contributed by atoms with van der Waals surface area (Å²) < 4.78 is 22.5. The third kappa shape index (κ3) is 23.9. The Morgan fingerprint density at radius 3 is 1.00 bits per heavy atom. The van der Waals surface area contributed by atoms with Gasteiger partial charge in [-0.15, -0.1) is 17.0 Å². The maximum atomic E-state index is 7.50. The second-order valence-electron chi connectivity index (χ2n) is 3.60. The smallest absolute Gasteiger partial charge is 0 e. The Morgan fingerprint density at radius 2 is 0.808 bits per heavy atom. The molecule has 0 N–H and O–H groups in total. The van der Waals surface area contributed by atoms with E-state index < -0.39 is 0 Å². The summed E-state index contributed by atoms with van der Waals surface area (Å²) in [5, 5.41) is 0. The molecule has 0 unspecified atom stereocenters. The Balaban J connectivity index is -0.0000000829. The molecule has 2 rings (SSSR count). The number of nitrogens with zero attached hydrogens (tertiary/aromatic N) is 2. The van der Waals surface area contributed by atoms with Crippen molar-refractivity contribution in [3.63, 3.8) is 0 Å². The Bertz CT molecular complexity index is 595. The molecule has 0 fully saturated rings. The second kappa shape index (κ2) is 34.1. The molecule has 0 spiro atoms. The first-order valence-corrected chi connectivity index (χ1v) is 6.22. The van der Waals surface area contributed by atoms with Crippen molar-refractivity contribution >= 4 is 17.0 Å². The molecule has 0 saturated heterocycles. The van der Waals surface area contributed by atoms with Crippen molar-refractivity contribution in [3.05, 3.63) is 115 Å². The van der Waals surface area contributed by atoms with Gasteiger partial charge in [0.25, 0.3) is 0 Å². The van der Waals surface area contributed by atoms with Crippen LogP contribution in [0.1, 0.15) is 11.1 Å². The molecule has 0 aliphatic rings. The summed E-state index contributed by atoms with van der Waals surface area (Å²) in [4.78, 5) is 6.51. The van der Waals surface area contributed by atoms with Gasteiger partial charge in [0.1, 0.15) is 0 Å². The van der Waals surface area contributed by atoms with Crippen molar-refractivity contribution in [3.8, 4) is 0 Å². The van der Waals surface area contributed by atoms with E-state index in [0.717, 1.165) is 11.1 Å². The van der Waals surface area contributed by atoms with Crippen LogP contribution in [0.4, 0.5) is 0 Å². The van der Waals surface area contributed by atoms with Gasteiger partial charge in [0.05, 0.1) is 0 Å². The summed E-state index contributed by atoms with van der Waals surface area (Å²) in [6.07, 6.45) is 0. The number of halogens is 1. The zero-order valence-electron chi connectivity index (χ0n) is 13.6. The fraction of sp³-hybridized carbons (Fsp3) is 0.105. The molecule has 26 heavy (non-hydrogen) atoms. The fourth-order valence-electron chi connectivity index (χ4n) is 1.35. The Morgan fingerprint density at radius 1 is 0.577 bits per heavy atom. The quantitative estimate of drug-likeness (QED) is 0.360. The van der Waals surface area contributed by atoms with E-state index in [-0.39, 0.29) is 34.1 Å². The van der Waals surface area contributed by atoms with Crippen LogP contribution in [-0.4, -0.2) is 0 Å². The van der Waals surface area contributed by atoms with Crippen LogP contribution in [0.15, 0.2) is 60.7 Å². The number of hydrogen-bond donors (Lipinski definition) is 0. The van der Waals surface area contributed by atoms with Crippen LogP contribution in [0.3, 0.4) is 0 Å². The molecule has 1 radical (unpaired) electrons. The van der Waals surface area contributed by atoms with Gasteiger partial charge < -0.3 is 9.69 Å². The summed E-state index contributed by atoms with van der Waals surface area (Å²) in [7, 11) is 0. The van der Waals surface area contributed by atoms with Crippen LogP contribution in [0, 0.1) is 33.1 Å². The van der Waals surface area contributed by atoms with Crippen LogP contribution in [0.5, 0.6) is 0 Å². The molecule has 7 heteroatoms. The summed E-state index contributed by atoms with van der Waals surface area (Å²) in [6.45, 7) is 27.6. The van der Waals surface area contributed by atoms with Crippen molar-refractivity contribution in [2.75, 3.05) is 0 Å². The molecule has 0 heterocycles. The summed E-state index contributed by atoms with van der Waals surface area (Å²) in [5.41, 5.74) is 2.18. The molecule has 0 bridgehead atoms. The normalized spacial score (nSPS) is 6.00. The van der Waals surface area contributed by atoms with E-state index in [1.165, 1.54) is 0 Å². The number of hydrogen-bond acceptors (Lipinski definition) is 0. The third-order valence-electron chi connectivity index (χ3n) is 2.21. The second-order valence-corrected chi connectivity index (χ2v) is 3.60. The molecule has 2 aromatic rings. The van der Waals surface area contributed by atoms with Crippen LogP contribution >= 0.6 is 17.0 Å². The zero-order valence-corrected chi connectivity index (χ0v) is 16.5. The molecule has 0 amide bonds. The minimum Gasteiger partial charge on any atom is 0 e. The molecule has 133 valence electrons. The van der Waals surface area contributed by atoms with Crippen LogP contribution < -0.4 is 0 Å². The van der Waals surface area contributed by atoms with E-state index in [9.17, 15) is 0 Å². The summed E-state index contributed by atoms with van der Waals surface area (Å²) in [5.74, 6) is 0. The Hall–Kier alpha value is -2.36. The molecule has 0 atom stereocenters. The van der Waals surface area contributed by atoms with E-state index in [1.807, 2.05) is 60.7 Å². The maximum Gasteiger partial charge on any atom is 0 e. The van der Waals surface area contributed by atoms with E-state index in [0.29, 0.717) is 13.1 Å². The predicted octanol–water partition coefficient (Wildman–Crippen LogP) is 4.67. The minimum absolute atomic E-state index is 0. The van der Waals surface area contributed by atoms with Crippen molar-refractivity contribution in [1.29, 1.82) is 0 Å². The number of benzene rings is 2. The van der Waals surface area contributed by atoms with E-state index >= 15 is 0 Å². The van der Waals surface area contributed by atoms with Gasteiger partial charge in [0.2, 0.25) is 13.1 Å². The van der Waals surface area contributed by atoms with Gasteiger partial charge >= 0.3 is 33.9 Å². The molecule has 0 aliphatic carbocycles. The molecule has 0 aromatic heterocycles. The summed E-state index contributed by atoms with van der Waals surface area (Å²) in [6, 6.07) is 19.5. The van der Waals surface area contributed by atoms with Crippen molar-refractivity contribution in [1.82, 2.24) is 0 Å². The SMILES string of the molecule is Br.[C-]#[N+]Cc1ccccc1.[C-]#[N+]Cc1ccccc1.[C-]#[O+].[C-]#[O+].[C-]#[O+].[Mn]. The molecular formula is C19H15BrMnN2O3. The molecule has 0 aliphatic heterocycles. The van der Waals surface area contributed by atoms with E-state index in [4.69, 9.17) is 27.1 Å². The van der Waals surface area contributed by atoms with Crippen LogP contribution in [0.2, 0.25) is 0 Å². The minimum atomic E-state index is 0. The van der Waals surface area contributed by atoms with Gasteiger partial charge in [-0.2, -0.15) is 0 Å². The predicted molar refractivity (Wildman–Crippen MR) is 95.6 cm³/mol. The third-order valence-corrected chi connectivity index (χ3v) is 2.21. The Kier molecular flexibility index (Phi) is 45.7. The van der Waals surface area contributed by atoms with Crippen molar-refractivity contribution < 1.29 is 31.0 Å². The molecule has 5 nitrogen and oxygen atoms in total. The van der Waals surface area contributed by atoms with Gasteiger partial charge in [-0.25, -0.2) is 13.1 Å². The topological polar surface area (TPSA) is 68.4 Å². The first-order valence-electron chi connectivity index (χ1n) is 6.22. The summed E-state index contributed by atoms with van der Waals surface area (Å²) >= 11 is 0. The molecule has 2 aromatic carbocycles. The molecular weight excluding hydrogens is 439 g/mol. The first kappa shape index (κ1) is 34.9.